The van der Waals surface area contributed by atoms with Gasteiger partial charge in [-0.3, -0.25) is 14.5 Å². The van der Waals surface area contributed by atoms with Crippen LogP contribution in [0, 0.1) is 23.7 Å². The van der Waals surface area contributed by atoms with Gasteiger partial charge in [-0.25, -0.2) is 0 Å². The Morgan fingerprint density at radius 3 is 2.15 bits per heavy atom. The van der Waals surface area contributed by atoms with Crippen LogP contribution in [0.5, 0.6) is 0 Å². The van der Waals surface area contributed by atoms with Gasteiger partial charge < -0.3 is 57.9 Å². The zero-order valence-electron chi connectivity index (χ0n) is 39.3. The van der Waals surface area contributed by atoms with Crippen molar-refractivity contribution in [3.05, 3.63) is 0 Å². The van der Waals surface area contributed by atoms with Crippen molar-refractivity contribution in [2.75, 3.05) is 48.9 Å². The van der Waals surface area contributed by atoms with Crippen LogP contribution in [0.4, 0.5) is 0 Å². The van der Waals surface area contributed by atoms with Gasteiger partial charge in [-0.15, -0.1) is 0 Å². The van der Waals surface area contributed by atoms with Crippen LogP contribution in [-0.2, 0) is 47.5 Å². The molecule has 15 heteroatoms. The van der Waals surface area contributed by atoms with Gasteiger partial charge in [-0.1, -0.05) is 20.8 Å². The summed E-state index contributed by atoms with van der Waals surface area (Å²) in [6, 6.07) is -0.210. The lowest BCUT2D eigenvalue weighted by Crippen LogP contribution is -2.61. The molecule has 0 aromatic carbocycles. The van der Waals surface area contributed by atoms with Crippen LogP contribution < -0.4 is 0 Å². The van der Waals surface area contributed by atoms with Gasteiger partial charge in [0.1, 0.15) is 29.6 Å². The number of likely N-dealkylation sites (N-methyl/N-ethyl adjacent to an activating group) is 1. The van der Waals surface area contributed by atoms with Gasteiger partial charge in [0, 0.05) is 50.9 Å². The molecule has 0 aromatic heterocycles. The lowest BCUT2D eigenvalue weighted by atomic mass is 9.77. The van der Waals surface area contributed by atoms with Gasteiger partial charge in [0.15, 0.2) is 18.7 Å². The molecule has 4 heterocycles. The minimum absolute atomic E-state index is 0.00969. The van der Waals surface area contributed by atoms with Crippen molar-refractivity contribution in [1.29, 1.82) is 0 Å². The smallest absolute Gasteiger partial charge is 0.311 e. The second-order valence-electron chi connectivity index (χ2n) is 19.6. The van der Waals surface area contributed by atoms with Gasteiger partial charge >= 0.3 is 11.9 Å². The van der Waals surface area contributed by atoms with Crippen LogP contribution in [0.1, 0.15) is 108 Å². The van der Waals surface area contributed by atoms with E-state index in [1.165, 1.54) is 6.92 Å². The molecule has 0 bridgehead atoms. The molecule has 0 amide bonds. The number of fused-ring (bicyclic) bond motifs is 1. The second-order valence-corrected chi connectivity index (χ2v) is 19.6. The summed E-state index contributed by atoms with van der Waals surface area (Å²) in [5, 5.41) is 24.5. The number of carbonyl (C=O) groups is 2. The summed E-state index contributed by atoms with van der Waals surface area (Å²) in [6.45, 7) is 21.5. The van der Waals surface area contributed by atoms with E-state index >= 15 is 0 Å². The number of cyclic esters (lactones) is 1. The number of hydrogen-bond donors (Lipinski definition) is 2. The average molecular weight is 844 g/mol. The zero-order valence-corrected chi connectivity index (χ0v) is 39.3. The highest BCUT2D eigenvalue weighted by Crippen LogP contribution is 2.46. The number of methoxy groups -OCH3 is 1. The van der Waals surface area contributed by atoms with Gasteiger partial charge in [-0.2, -0.15) is 0 Å². The molecule has 15 nitrogen and oxygen atoms in total. The van der Waals surface area contributed by atoms with Crippen LogP contribution in [0.15, 0.2) is 0 Å². The predicted molar refractivity (Wildman–Crippen MR) is 222 cm³/mol. The van der Waals surface area contributed by atoms with E-state index in [4.69, 9.17) is 37.9 Å². The molecule has 0 radical (unpaired) electrons. The van der Waals surface area contributed by atoms with Crippen molar-refractivity contribution in [3.63, 3.8) is 0 Å². The van der Waals surface area contributed by atoms with Crippen molar-refractivity contribution < 1.29 is 57.7 Å². The first kappa shape index (κ1) is 50.1. The molecule has 344 valence electrons. The van der Waals surface area contributed by atoms with Crippen LogP contribution in [0.25, 0.3) is 0 Å². The fourth-order valence-electron chi connectivity index (χ4n) is 10.7. The van der Waals surface area contributed by atoms with Crippen molar-refractivity contribution in [2.45, 2.75) is 199 Å². The van der Waals surface area contributed by atoms with E-state index in [0.29, 0.717) is 25.8 Å². The van der Waals surface area contributed by atoms with Crippen LogP contribution in [0.2, 0.25) is 0 Å². The van der Waals surface area contributed by atoms with Gasteiger partial charge in [0.2, 0.25) is 0 Å². The van der Waals surface area contributed by atoms with Crippen LogP contribution >= 0.6 is 0 Å². The normalized spacial score (nSPS) is 47.3. The summed E-state index contributed by atoms with van der Waals surface area (Å²) < 4.78 is 51.7. The first-order chi connectivity index (χ1) is 27.3. The third kappa shape index (κ3) is 11.2. The van der Waals surface area contributed by atoms with Gasteiger partial charge in [-0.05, 0) is 115 Å². The first-order valence-corrected chi connectivity index (χ1v) is 22.0. The summed E-state index contributed by atoms with van der Waals surface area (Å²) in [4.78, 5) is 33.3. The molecule has 4 saturated heterocycles. The van der Waals surface area contributed by atoms with Crippen LogP contribution in [0.3, 0.4) is 0 Å². The minimum atomic E-state index is -1.50. The molecule has 2 N–H and O–H groups in total. The molecule has 0 spiro atoms. The monoisotopic (exact) mass is 844 g/mol. The summed E-state index contributed by atoms with van der Waals surface area (Å²) in [5.74, 6) is -2.54. The molecular formula is C44H81N3O12. The third-order valence-corrected chi connectivity index (χ3v) is 14.1. The van der Waals surface area contributed by atoms with E-state index in [0.717, 1.165) is 6.42 Å². The van der Waals surface area contributed by atoms with E-state index in [1.54, 1.807) is 27.9 Å². The first-order valence-electron chi connectivity index (χ1n) is 22.0. The fourth-order valence-corrected chi connectivity index (χ4v) is 10.7. The largest absolute Gasteiger partial charge is 0.459 e. The minimum Gasteiger partial charge on any atom is -0.459 e. The standard InChI is InChI=1S/C44H81N3O12/c1-18-33-44(11)31(20-34(59-44)46(14)15)28(6)47(16)23-24(2)21-42(9,51)38(58-41-36(49)32(45(12)13)19-25(3)53-41)26(4)37(27(5)40(50)56-33)57-35-22-43(10,52-17)39(29(7)54-35)55-30(8)48/h24-29,31-39,41,49,51H,18-23H2,1-17H3/t24-,25-,26+,27-,28-,29+,31-,32+,33-,34?,35+,36-,37+,38-,39+,41+,42-,43-,44+/m1/s1. The number of aliphatic hydroxyl groups excluding tert-OH is 1. The highest BCUT2D eigenvalue weighted by molar-refractivity contribution is 5.73. The quantitative estimate of drug-likeness (QED) is 0.321. The number of aliphatic hydroxyl groups is 2. The number of esters is 2. The molecule has 4 aliphatic rings. The molecule has 59 heavy (non-hydrogen) atoms. The molecule has 4 rings (SSSR count). The SMILES string of the molecule is CC[C@H]1OC(=O)[C@H](C)[C@@H](O[C@H]2C[C@@](C)(OC)[C@@H](OC(C)=O)[C@H](C)O2)[C@H](C)[C@@H](O[C@@H]2O[C@H](C)C[C@H](N(C)C)[C@H]2O)[C@](C)(O)C[C@@H](C)CN(C)[C@H](C)[C@H]2CC(N(C)C)O[C@@]21C. The second kappa shape index (κ2) is 19.9. The van der Waals surface area contributed by atoms with Crippen molar-refractivity contribution >= 4 is 11.9 Å². The van der Waals surface area contributed by atoms with E-state index in [1.807, 2.05) is 60.8 Å². The molecule has 4 aliphatic heterocycles. The Bertz CT molecular complexity index is 1390. The molecule has 19 atom stereocenters. The zero-order chi connectivity index (χ0) is 44.5. The topological polar surface area (TPSA) is 158 Å². The molecule has 0 aliphatic carbocycles. The highest BCUT2D eigenvalue weighted by Gasteiger charge is 2.56. The number of nitrogens with zero attached hydrogens (tertiary/aromatic N) is 3. The van der Waals surface area contributed by atoms with Crippen molar-refractivity contribution in [3.8, 4) is 0 Å². The van der Waals surface area contributed by atoms with E-state index < -0.39 is 89.8 Å². The Morgan fingerprint density at radius 1 is 0.949 bits per heavy atom. The maximum Gasteiger partial charge on any atom is 0.311 e. The van der Waals surface area contributed by atoms with Gasteiger partial charge in [0.05, 0.1) is 35.9 Å². The highest BCUT2D eigenvalue weighted by atomic mass is 16.7. The summed E-state index contributed by atoms with van der Waals surface area (Å²) in [5.41, 5.74) is -3.30. The maximum atomic E-state index is 14.8. The Hall–Kier alpha value is -1.50. The molecule has 0 aromatic rings. The maximum absolute atomic E-state index is 14.8. The summed E-state index contributed by atoms with van der Waals surface area (Å²) in [6.07, 6.45) is -4.92. The van der Waals surface area contributed by atoms with Crippen LogP contribution in [-0.4, -0.2) is 176 Å². The molecule has 4 fully saturated rings. The van der Waals surface area contributed by atoms with E-state index in [2.05, 4.69) is 37.6 Å². The number of ether oxygens (including phenoxy) is 8. The lowest BCUT2D eigenvalue weighted by Gasteiger charge is -2.49. The summed E-state index contributed by atoms with van der Waals surface area (Å²) >= 11 is 0. The Kier molecular flexibility index (Phi) is 16.9. The van der Waals surface area contributed by atoms with E-state index in [9.17, 15) is 19.8 Å². The lowest BCUT2D eigenvalue weighted by molar-refractivity contribution is -0.318. The Balaban J connectivity index is 1.84. The number of carbonyl (C=O) groups excluding carboxylic acids is 2. The van der Waals surface area contributed by atoms with E-state index in [-0.39, 0.29) is 42.7 Å². The van der Waals surface area contributed by atoms with Crippen molar-refractivity contribution in [2.24, 2.45) is 23.7 Å². The molecule has 1 unspecified atom stereocenters. The third-order valence-electron chi connectivity index (χ3n) is 14.1. The number of hydrogen-bond acceptors (Lipinski definition) is 15. The number of rotatable bonds is 9. The molecular weight excluding hydrogens is 762 g/mol. The van der Waals surface area contributed by atoms with Gasteiger partial charge in [0.25, 0.3) is 0 Å². The Labute approximate surface area is 355 Å². The average Bonchev–Trinajstić information content (AvgIpc) is 3.50. The fraction of sp³-hybridized carbons (Fsp3) is 0.955. The Morgan fingerprint density at radius 2 is 1.59 bits per heavy atom. The summed E-state index contributed by atoms with van der Waals surface area (Å²) in [7, 11) is 11.5. The predicted octanol–water partition coefficient (Wildman–Crippen LogP) is 4.04. The van der Waals surface area contributed by atoms with Crippen molar-refractivity contribution in [1.82, 2.24) is 14.7 Å². The molecule has 0 saturated carbocycles.